The zero-order chi connectivity index (χ0) is 14.1. The van der Waals surface area contributed by atoms with Gasteiger partial charge in [0, 0.05) is 48.0 Å². The Morgan fingerprint density at radius 2 is 1.80 bits per heavy atom. The Morgan fingerprint density at radius 1 is 1.05 bits per heavy atom. The number of rotatable bonds is 2. The van der Waals surface area contributed by atoms with Crippen molar-refractivity contribution in [3.05, 3.63) is 34.5 Å². The summed E-state index contributed by atoms with van der Waals surface area (Å²) in [7, 11) is 2.18. The molecule has 106 valence electrons. The van der Waals surface area contributed by atoms with Crippen molar-refractivity contribution >= 4 is 22.7 Å². The van der Waals surface area contributed by atoms with Crippen LogP contribution < -0.4 is 10.6 Å². The number of hydrogen-bond donors (Lipinski definition) is 1. The Hall–Kier alpha value is -1.52. The average molecular weight is 287 g/mol. The summed E-state index contributed by atoms with van der Waals surface area (Å²) in [6.45, 7) is 6.57. The van der Waals surface area contributed by atoms with Gasteiger partial charge >= 0.3 is 0 Å². The highest BCUT2D eigenvalue weighted by atomic mass is 32.1. The molecule has 20 heavy (non-hydrogen) atoms. The van der Waals surface area contributed by atoms with Crippen molar-refractivity contribution in [1.29, 1.82) is 0 Å². The van der Waals surface area contributed by atoms with Crippen LogP contribution in [0.1, 0.15) is 4.88 Å². The monoisotopic (exact) mass is 287 g/mol. The van der Waals surface area contributed by atoms with E-state index < -0.39 is 0 Å². The predicted octanol–water partition coefficient (Wildman–Crippen LogP) is 3.06. The summed E-state index contributed by atoms with van der Waals surface area (Å²) in [4.78, 5) is 6.15. The largest absolute Gasteiger partial charge is 0.398 e. The van der Waals surface area contributed by atoms with Crippen LogP contribution >= 0.6 is 11.3 Å². The molecule has 4 heteroatoms. The van der Waals surface area contributed by atoms with Gasteiger partial charge in [0.15, 0.2) is 0 Å². The SMILES string of the molecule is Cc1sccc1-c1cc(N2CCN(C)CC2)ccc1N. The zero-order valence-electron chi connectivity index (χ0n) is 12.1. The second kappa shape index (κ2) is 5.46. The first-order valence-corrected chi connectivity index (χ1v) is 7.90. The molecule has 1 aromatic heterocycles. The highest BCUT2D eigenvalue weighted by molar-refractivity contribution is 7.10. The zero-order valence-corrected chi connectivity index (χ0v) is 12.9. The van der Waals surface area contributed by atoms with Gasteiger partial charge in [-0.15, -0.1) is 11.3 Å². The van der Waals surface area contributed by atoms with E-state index in [4.69, 9.17) is 5.73 Å². The van der Waals surface area contributed by atoms with E-state index in [0.29, 0.717) is 0 Å². The first-order chi connectivity index (χ1) is 9.65. The number of nitrogens with two attached hydrogens (primary N) is 1. The minimum Gasteiger partial charge on any atom is -0.398 e. The van der Waals surface area contributed by atoms with E-state index >= 15 is 0 Å². The Kier molecular flexibility index (Phi) is 3.68. The summed E-state index contributed by atoms with van der Waals surface area (Å²) in [6, 6.07) is 8.60. The fourth-order valence-electron chi connectivity index (χ4n) is 2.70. The Labute approximate surface area is 124 Å². The molecule has 1 saturated heterocycles. The molecule has 3 rings (SSSR count). The summed E-state index contributed by atoms with van der Waals surface area (Å²) >= 11 is 1.77. The number of thiophene rings is 1. The van der Waals surface area contributed by atoms with Crippen molar-refractivity contribution in [2.24, 2.45) is 0 Å². The van der Waals surface area contributed by atoms with Gasteiger partial charge < -0.3 is 15.5 Å². The minimum atomic E-state index is 0.865. The van der Waals surface area contributed by atoms with Crippen LogP contribution in [0.2, 0.25) is 0 Å². The number of benzene rings is 1. The van der Waals surface area contributed by atoms with Gasteiger partial charge in [-0.25, -0.2) is 0 Å². The number of likely N-dealkylation sites (N-methyl/N-ethyl adjacent to an activating group) is 1. The van der Waals surface area contributed by atoms with Crippen molar-refractivity contribution in [2.45, 2.75) is 6.92 Å². The first-order valence-electron chi connectivity index (χ1n) is 7.02. The molecule has 3 nitrogen and oxygen atoms in total. The van der Waals surface area contributed by atoms with Gasteiger partial charge in [-0.1, -0.05) is 0 Å². The molecule has 2 N–H and O–H groups in total. The van der Waals surface area contributed by atoms with Crippen LogP contribution in [0.15, 0.2) is 29.6 Å². The normalized spacial score (nSPS) is 16.6. The smallest absolute Gasteiger partial charge is 0.0395 e. The predicted molar refractivity (Wildman–Crippen MR) is 88.6 cm³/mol. The summed E-state index contributed by atoms with van der Waals surface area (Å²) in [5.41, 5.74) is 10.8. The fraction of sp³-hybridized carbons (Fsp3) is 0.375. The number of anilines is 2. The van der Waals surface area contributed by atoms with E-state index in [2.05, 4.69) is 47.4 Å². The molecule has 0 radical (unpaired) electrons. The third kappa shape index (κ3) is 2.53. The maximum Gasteiger partial charge on any atom is 0.0395 e. The fourth-order valence-corrected chi connectivity index (χ4v) is 3.42. The Morgan fingerprint density at radius 3 is 2.45 bits per heavy atom. The molecule has 2 aromatic rings. The molecular weight excluding hydrogens is 266 g/mol. The van der Waals surface area contributed by atoms with Crippen LogP contribution in [0.25, 0.3) is 11.1 Å². The minimum absolute atomic E-state index is 0.865. The third-order valence-electron chi connectivity index (χ3n) is 4.05. The molecule has 0 unspecified atom stereocenters. The molecule has 1 aliphatic heterocycles. The lowest BCUT2D eigenvalue weighted by Crippen LogP contribution is -2.44. The van der Waals surface area contributed by atoms with E-state index in [9.17, 15) is 0 Å². The lowest BCUT2D eigenvalue weighted by molar-refractivity contribution is 0.313. The molecule has 2 heterocycles. The lowest BCUT2D eigenvalue weighted by atomic mass is 10.0. The summed E-state index contributed by atoms with van der Waals surface area (Å²) in [5, 5.41) is 2.13. The molecule has 1 aliphatic rings. The summed E-state index contributed by atoms with van der Waals surface area (Å²) in [5.74, 6) is 0. The van der Waals surface area contributed by atoms with E-state index in [-0.39, 0.29) is 0 Å². The number of hydrogen-bond acceptors (Lipinski definition) is 4. The standard InChI is InChI=1S/C16H21N3S/c1-12-14(5-10-20-12)15-11-13(3-4-16(15)17)19-8-6-18(2)7-9-19/h3-5,10-11H,6-9,17H2,1-2H3. The third-order valence-corrected chi connectivity index (χ3v) is 4.90. The van der Waals surface area contributed by atoms with Crippen LogP contribution in [-0.4, -0.2) is 38.1 Å². The molecule has 0 saturated carbocycles. The van der Waals surface area contributed by atoms with Gasteiger partial charge in [-0.2, -0.15) is 0 Å². The maximum absolute atomic E-state index is 6.18. The molecule has 0 spiro atoms. The quantitative estimate of drug-likeness (QED) is 0.862. The maximum atomic E-state index is 6.18. The highest BCUT2D eigenvalue weighted by Crippen LogP contribution is 2.34. The number of piperazine rings is 1. The average Bonchev–Trinajstić information content (AvgIpc) is 2.87. The highest BCUT2D eigenvalue weighted by Gasteiger charge is 2.16. The van der Waals surface area contributed by atoms with Crippen LogP contribution in [0.3, 0.4) is 0 Å². The molecule has 0 atom stereocenters. The second-order valence-electron chi connectivity index (χ2n) is 5.45. The van der Waals surface area contributed by atoms with E-state index in [1.165, 1.54) is 21.7 Å². The summed E-state index contributed by atoms with van der Waals surface area (Å²) in [6.07, 6.45) is 0. The number of nitrogen functional groups attached to an aromatic ring is 1. The van der Waals surface area contributed by atoms with E-state index in [1.54, 1.807) is 11.3 Å². The number of aryl methyl sites for hydroxylation is 1. The van der Waals surface area contributed by atoms with Crippen molar-refractivity contribution in [2.75, 3.05) is 43.9 Å². The van der Waals surface area contributed by atoms with E-state index in [0.717, 1.165) is 31.9 Å². The molecular formula is C16H21N3S. The van der Waals surface area contributed by atoms with E-state index in [1.807, 2.05) is 6.07 Å². The van der Waals surface area contributed by atoms with Crippen molar-refractivity contribution in [1.82, 2.24) is 4.90 Å². The molecule has 0 aliphatic carbocycles. The first kappa shape index (κ1) is 13.5. The lowest BCUT2D eigenvalue weighted by Gasteiger charge is -2.34. The van der Waals surface area contributed by atoms with Gasteiger partial charge in [0.1, 0.15) is 0 Å². The van der Waals surface area contributed by atoms with Crippen LogP contribution in [0, 0.1) is 6.92 Å². The number of nitrogens with zero attached hydrogens (tertiary/aromatic N) is 2. The van der Waals surface area contributed by atoms with Gasteiger partial charge in [-0.05, 0) is 49.2 Å². The van der Waals surface area contributed by atoms with Crippen molar-refractivity contribution in [3.63, 3.8) is 0 Å². The van der Waals surface area contributed by atoms with Gasteiger partial charge in [-0.3, -0.25) is 0 Å². The van der Waals surface area contributed by atoms with Crippen LogP contribution in [0.5, 0.6) is 0 Å². The Bertz CT molecular complexity index is 598. The van der Waals surface area contributed by atoms with Gasteiger partial charge in [0.2, 0.25) is 0 Å². The molecule has 1 aromatic carbocycles. The Balaban J connectivity index is 1.93. The topological polar surface area (TPSA) is 32.5 Å². The molecule has 0 bridgehead atoms. The van der Waals surface area contributed by atoms with Gasteiger partial charge in [0.05, 0.1) is 0 Å². The van der Waals surface area contributed by atoms with Crippen LogP contribution in [0.4, 0.5) is 11.4 Å². The molecule has 0 amide bonds. The second-order valence-corrected chi connectivity index (χ2v) is 6.57. The molecule has 1 fully saturated rings. The van der Waals surface area contributed by atoms with Crippen LogP contribution in [-0.2, 0) is 0 Å². The van der Waals surface area contributed by atoms with Crippen molar-refractivity contribution in [3.8, 4) is 11.1 Å². The van der Waals surface area contributed by atoms with Gasteiger partial charge in [0.25, 0.3) is 0 Å². The summed E-state index contributed by atoms with van der Waals surface area (Å²) < 4.78 is 0. The van der Waals surface area contributed by atoms with Crippen molar-refractivity contribution < 1.29 is 0 Å².